The molecule has 2 aromatic carbocycles. The van der Waals surface area contributed by atoms with E-state index in [0.717, 1.165) is 47.4 Å². The summed E-state index contributed by atoms with van der Waals surface area (Å²) < 4.78 is 2.02. The van der Waals surface area contributed by atoms with Crippen molar-refractivity contribution < 1.29 is 4.79 Å². The number of nitrogens with one attached hydrogen (secondary N) is 1. The third-order valence-corrected chi connectivity index (χ3v) is 6.40. The van der Waals surface area contributed by atoms with E-state index in [0.29, 0.717) is 0 Å². The van der Waals surface area contributed by atoms with Gasteiger partial charge in [0.25, 0.3) is 0 Å². The number of aromatic nitrogens is 3. The van der Waals surface area contributed by atoms with Gasteiger partial charge in [-0.2, -0.15) is 0 Å². The Morgan fingerprint density at radius 1 is 1.10 bits per heavy atom. The van der Waals surface area contributed by atoms with E-state index in [2.05, 4.69) is 71.5 Å². The lowest BCUT2D eigenvalue weighted by Crippen LogP contribution is -2.19. The Morgan fingerprint density at radius 2 is 1.93 bits per heavy atom. The first-order valence-corrected chi connectivity index (χ1v) is 11.2. The molecule has 0 bridgehead atoms. The SMILES string of the molecule is CCN1CCc2ccc(NC(=O)CSc3nnc(C)n3-c3cc(C)ccc3C)cc21. The van der Waals surface area contributed by atoms with Crippen molar-refractivity contribution in [2.24, 2.45) is 0 Å². The molecule has 30 heavy (non-hydrogen) atoms. The molecule has 0 unspecified atom stereocenters. The number of thioether (sulfide) groups is 1. The molecule has 6 nitrogen and oxygen atoms in total. The summed E-state index contributed by atoms with van der Waals surface area (Å²) in [5, 5.41) is 12.3. The van der Waals surface area contributed by atoms with Crippen molar-refractivity contribution in [3.05, 3.63) is 58.9 Å². The number of hydrogen-bond donors (Lipinski definition) is 1. The first-order chi connectivity index (χ1) is 14.5. The number of likely N-dealkylation sites (N-methyl/N-ethyl adjacent to an activating group) is 1. The number of benzene rings is 2. The number of carbonyl (C=O) groups is 1. The molecule has 0 saturated heterocycles. The van der Waals surface area contributed by atoms with Gasteiger partial charge in [0.1, 0.15) is 5.82 Å². The van der Waals surface area contributed by atoms with Crippen LogP contribution in [0, 0.1) is 20.8 Å². The van der Waals surface area contributed by atoms with Crippen LogP contribution in [0.5, 0.6) is 0 Å². The van der Waals surface area contributed by atoms with Gasteiger partial charge in [0.05, 0.1) is 11.4 Å². The van der Waals surface area contributed by atoms with Crippen LogP contribution in [0.3, 0.4) is 0 Å². The summed E-state index contributed by atoms with van der Waals surface area (Å²) in [6.07, 6.45) is 1.07. The van der Waals surface area contributed by atoms with Crippen LogP contribution in [0.1, 0.15) is 29.4 Å². The van der Waals surface area contributed by atoms with Gasteiger partial charge in [-0.1, -0.05) is 30.0 Å². The van der Waals surface area contributed by atoms with Crippen molar-refractivity contribution in [2.75, 3.05) is 29.1 Å². The number of aryl methyl sites for hydroxylation is 3. The van der Waals surface area contributed by atoms with Crippen LogP contribution >= 0.6 is 11.8 Å². The van der Waals surface area contributed by atoms with Crippen LogP contribution < -0.4 is 10.2 Å². The highest BCUT2D eigenvalue weighted by atomic mass is 32.2. The van der Waals surface area contributed by atoms with Gasteiger partial charge in [0, 0.05) is 24.5 Å². The summed E-state index contributed by atoms with van der Waals surface area (Å²) in [6, 6.07) is 12.5. The Kier molecular flexibility index (Phi) is 5.81. The lowest BCUT2D eigenvalue weighted by molar-refractivity contribution is -0.113. The zero-order chi connectivity index (χ0) is 21.3. The maximum absolute atomic E-state index is 12.6. The highest BCUT2D eigenvalue weighted by molar-refractivity contribution is 7.99. The van der Waals surface area contributed by atoms with Gasteiger partial charge in [-0.25, -0.2) is 0 Å². The zero-order valence-corrected chi connectivity index (χ0v) is 18.7. The standard InChI is InChI=1S/C23H27N5OS/c1-5-27-11-10-18-8-9-19(13-21(18)27)24-22(29)14-30-23-26-25-17(4)28(23)20-12-15(2)6-7-16(20)3/h6-9,12-13H,5,10-11,14H2,1-4H3,(H,24,29). The lowest BCUT2D eigenvalue weighted by Gasteiger charge is -2.17. The maximum Gasteiger partial charge on any atom is 0.234 e. The first-order valence-electron chi connectivity index (χ1n) is 10.3. The fraction of sp³-hybridized carbons (Fsp3) is 0.348. The number of fused-ring (bicyclic) bond motifs is 1. The summed E-state index contributed by atoms with van der Waals surface area (Å²) in [4.78, 5) is 15.0. The molecule has 3 aromatic rings. The van der Waals surface area contributed by atoms with Gasteiger partial charge in [0.2, 0.25) is 5.91 Å². The van der Waals surface area contributed by atoms with Crippen LogP contribution in [0.25, 0.3) is 5.69 Å². The molecule has 1 aliphatic rings. The third-order valence-electron chi connectivity index (χ3n) is 5.48. The minimum absolute atomic E-state index is 0.0471. The van der Waals surface area contributed by atoms with Gasteiger partial charge in [0.15, 0.2) is 5.16 Å². The summed E-state index contributed by atoms with van der Waals surface area (Å²) in [5.41, 5.74) is 6.80. The van der Waals surface area contributed by atoms with Crippen molar-refractivity contribution in [2.45, 2.75) is 39.3 Å². The fourth-order valence-electron chi connectivity index (χ4n) is 3.85. The normalized spacial score (nSPS) is 12.9. The Labute approximate surface area is 181 Å². The maximum atomic E-state index is 12.6. The van der Waals surface area contributed by atoms with Crippen molar-refractivity contribution >= 4 is 29.0 Å². The van der Waals surface area contributed by atoms with E-state index in [1.807, 2.05) is 17.6 Å². The predicted molar refractivity (Wildman–Crippen MR) is 123 cm³/mol. The molecule has 1 N–H and O–H groups in total. The quantitative estimate of drug-likeness (QED) is 0.601. The molecule has 4 rings (SSSR count). The average molecular weight is 422 g/mol. The van der Waals surface area contributed by atoms with Gasteiger partial charge >= 0.3 is 0 Å². The smallest absolute Gasteiger partial charge is 0.234 e. The van der Waals surface area contributed by atoms with Gasteiger partial charge in [-0.05, 0) is 69.0 Å². The third kappa shape index (κ3) is 4.07. The molecule has 2 heterocycles. The zero-order valence-electron chi connectivity index (χ0n) is 17.9. The van der Waals surface area contributed by atoms with E-state index in [9.17, 15) is 4.79 Å². The highest BCUT2D eigenvalue weighted by Gasteiger charge is 2.19. The summed E-state index contributed by atoms with van der Waals surface area (Å²) in [5.74, 6) is 1.04. The Hall–Kier alpha value is -2.80. The second kappa shape index (κ2) is 8.52. The minimum Gasteiger partial charge on any atom is -0.371 e. The Balaban J connectivity index is 1.46. The van der Waals surface area contributed by atoms with E-state index in [1.165, 1.54) is 28.6 Å². The molecule has 0 aliphatic carbocycles. The second-order valence-electron chi connectivity index (χ2n) is 7.67. The lowest BCUT2D eigenvalue weighted by atomic mass is 10.1. The molecular formula is C23H27N5OS. The summed E-state index contributed by atoms with van der Waals surface area (Å²) >= 11 is 1.40. The Morgan fingerprint density at radius 3 is 2.73 bits per heavy atom. The fourth-order valence-corrected chi connectivity index (χ4v) is 4.64. The van der Waals surface area contributed by atoms with Gasteiger partial charge in [-0.15, -0.1) is 10.2 Å². The average Bonchev–Trinajstić information content (AvgIpc) is 3.31. The number of carbonyl (C=O) groups excluding carboxylic acids is 1. The molecular weight excluding hydrogens is 394 g/mol. The minimum atomic E-state index is -0.0471. The number of rotatable bonds is 6. The van der Waals surface area contributed by atoms with Crippen molar-refractivity contribution in [3.63, 3.8) is 0 Å². The van der Waals surface area contributed by atoms with Crippen LogP contribution in [0.4, 0.5) is 11.4 Å². The highest BCUT2D eigenvalue weighted by Crippen LogP contribution is 2.31. The monoisotopic (exact) mass is 421 g/mol. The van der Waals surface area contributed by atoms with E-state index in [4.69, 9.17) is 0 Å². The topological polar surface area (TPSA) is 63.1 Å². The molecule has 156 valence electrons. The van der Waals surface area contributed by atoms with Gasteiger partial charge in [-0.3, -0.25) is 9.36 Å². The predicted octanol–water partition coefficient (Wildman–Crippen LogP) is 4.31. The largest absolute Gasteiger partial charge is 0.371 e. The molecule has 0 radical (unpaired) electrons. The van der Waals surface area contributed by atoms with Crippen molar-refractivity contribution in [3.8, 4) is 5.69 Å². The molecule has 0 atom stereocenters. The van der Waals surface area contributed by atoms with Crippen LogP contribution in [0.15, 0.2) is 41.6 Å². The van der Waals surface area contributed by atoms with Crippen LogP contribution in [-0.2, 0) is 11.2 Å². The second-order valence-corrected chi connectivity index (χ2v) is 8.61. The van der Waals surface area contributed by atoms with Crippen molar-refractivity contribution in [1.29, 1.82) is 0 Å². The van der Waals surface area contributed by atoms with E-state index in [1.54, 1.807) is 0 Å². The van der Waals surface area contributed by atoms with Gasteiger partial charge < -0.3 is 10.2 Å². The van der Waals surface area contributed by atoms with Crippen LogP contribution in [-0.4, -0.2) is 39.5 Å². The first kappa shape index (κ1) is 20.5. The molecule has 0 spiro atoms. The van der Waals surface area contributed by atoms with Crippen molar-refractivity contribution in [1.82, 2.24) is 14.8 Å². The van der Waals surface area contributed by atoms with E-state index >= 15 is 0 Å². The number of anilines is 2. The summed E-state index contributed by atoms with van der Waals surface area (Å²) in [6.45, 7) is 10.3. The molecule has 1 aliphatic heterocycles. The molecule has 7 heteroatoms. The molecule has 0 saturated carbocycles. The summed E-state index contributed by atoms with van der Waals surface area (Å²) in [7, 11) is 0. The Bertz CT molecular complexity index is 1090. The van der Waals surface area contributed by atoms with E-state index < -0.39 is 0 Å². The molecule has 0 fully saturated rings. The molecule has 1 amide bonds. The number of hydrogen-bond acceptors (Lipinski definition) is 5. The number of amides is 1. The van der Waals surface area contributed by atoms with E-state index in [-0.39, 0.29) is 11.7 Å². The number of nitrogens with zero attached hydrogens (tertiary/aromatic N) is 4. The van der Waals surface area contributed by atoms with Crippen LogP contribution in [0.2, 0.25) is 0 Å². The molecule has 1 aromatic heterocycles.